The molecule has 19 heavy (non-hydrogen) atoms. The number of imide groups is 1. The van der Waals surface area contributed by atoms with E-state index in [0.29, 0.717) is 9.93 Å². The first kappa shape index (κ1) is 14.2. The van der Waals surface area contributed by atoms with Crippen molar-refractivity contribution in [1.29, 1.82) is 0 Å². The molecule has 1 aromatic carbocycles. The predicted octanol–water partition coefficient (Wildman–Crippen LogP) is 4.17. The molecule has 1 atom stereocenters. The number of halogens is 1. The highest BCUT2D eigenvalue weighted by Crippen LogP contribution is 2.34. The standard InChI is InChI=1S/C14H14ClNO2S/c1-3-9(2)16-13(17)12(19-14(16)18)8-10-4-6-11(15)7-5-10/h4-9H,3H2,1-2H3/b12-8-/t9-/m0/s1. The molecule has 0 aromatic heterocycles. The van der Waals surface area contributed by atoms with Gasteiger partial charge in [-0.1, -0.05) is 30.7 Å². The van der Waals surface area contributed by atoms with Gasteiger partial charge < -0.3 is 0 Å². The summed E-state index contributed by atoms with van der Waals surface area (Å²) < 4.78 is 0. The lowest BCUT2D eigenvalue weighted by Gasteiger charge is -2.19. The lowest BCUT2D eigenvalue weighted by atomic mass is 10.2. The van der Waals surface area contributed by atoms with E-state index in [4.69, 9.17) is 11.6 Å². The van der Waals surface area contributed by atoms with Gasteiger partial charge in [0.15, 0.2) is 0 Å². The number of carbonyl (C=O) groups is 2. The summed E-state index contributed by atoms with van der Waals surface area (Å²) in [5, 5.41) is 0.449. The highest BCUT2D eigenvalue weighted by molar-refractivity contribution is 8.18. The normalized spacial score (nSPS) is 19.3. The van der Waals surface area contributed by atoms with Gasteiger partial charge in [0.1, 0.15) is 0 Å². The van der Waals surface area contributed by atoms with Crippen molar-refractivity contribution < 1.29 is 9.59 Å². The molecule has 1 aromatic rings. The molecule has 100 valence electrons. The summed E-state index contributed by atoms with van der Waals surface area (Å²) in [6.07, 6.45) is 2.48. The quantitative estimate of drug-likeness (QED) is 0.785. The Balaban J connectivity index is 2.25. The van der Waals surface area contributed by atoms with Gasteiger partial charge in [-0.15, -0.1) is 0 Å². The minimum Gasteiger partial charge on any atom is -0.268 e. The molecular formula is C14H14ClNO2S. The molecular weight excluding hydrogens is 282 g/mol. The first-order valence-electron chi connectivity index (χ1n) is 6.05. The molecule has 3 nitrogen and oxygen atoms in total. The Bertz CT molecular complexity index is 539. The molecule has 1 fully saturated rings. The van der Waals surface area contributed by atoms with Gasteiger partial charge in [-0.25, -0.2) is 0 Å². The Hall–Kier alpha value is -1.26. The van der Waals surface area contributed by atoms with Crippen molar-refractivity contribution in [3.63, 3.8) is 0 Å². The third-order valence-corrected chi connectivity index (χ3v) is 4.16. The fraction of sp³-hybridized carbons (Fsp3) is 0.286. The topological polar surface area (TPSA) is 37.4 Å². The minimum absolute atomic E-state index is 0.0661. The van der Waals surface area contributed by atoms with Crippen molar-refractivity contribution in [2.24, 2.45) is 0 Å². The zero-order valence-electron chi connectivity index (χ0n) is 10.7. The van der Waals surface area contributed by atoms with Gasteiger partial charge in [0.2, 0.25) is 0 Å². The van der Waals surface area contributed by atoms with Crippen molar-refractivity contribution in [2.45, 2.75) is 26.3 Å². The minimum atomic E-state index is -0.209. The fourth-order valence-electron chi connectivity index (χ4n) is 1.75. The highest BCUT2D eigenvalue weighted by Gasteiger charge is 2.37. The summed E-state index contributed by atoms with van der Waals surface area (Å²) in [5.41, 5.74) is 0.860. The first-order chi connectivity index (χ1) is 9.02. The van der Waals surface area contributed by atoms with Crippen molar-refractivity contribution in [3.05, 3.63) is 39.8 Å². The average Bonchev–Trinajstić information content (AvgIpc) is 2.66. The third kappa shape index (κ3) is 3.01. The lowest BCUT2D eigenvalue weighted by Crippen LogP contribution is -2.36. The smallest absolute Gasteiger partial charge is 0.268 e. The number of amides is 2. The van der Waals surface area contributed by atoms with E-state index in [-0.39, 0.29) is 17.2 Å². The van der Waals surface area contributed by atoms with Crippen LogP contribution in [-0.2, 0) is 4.79 Å². The van der Waals surface area contributed by atoms with Crippen LogP contribution >= 0.6 is 23.4 Å². The monoisotopic (exact) mass is 295 g/mol. The molecule has 5 heteroatoms. The summed E-state index contributed by atoms with van der Waals surface area (Å²) in [7, 11) is 0. The highest BCUT2D eigenvalue weighted by atomic mass is 35.5. The van der Waals surface area contributed by atoms with Gasteiger partial charge in [0.25, 0.3) is 11.1 Å². The van der Waals surface area contributed by atoms with Crippen LogP contribution in [0.15, 0.2) is 29.2 Å². The fourth-order valence-corrected chi connectivity index (χ4v) is 2.81. The van der Waals surface area contributed by atoms with Crippen LogP contribution in [0.1, 0.15) is 25.8 Å². The molecule has 0 N–H and O–H groups in total. The van der Waals surface area contributed by atoms with Crippen molar-refractivity contribution in [2.75, 3.05) is 0 Å². The lowest BCUT2D eigenvalue weighted by molar-refractivity contribution is -0.124. The molecule has 0 unspecified atom stereocenters. The van der Waals surface area contributed by atoms with Crippen molar-refractivity contribution in [1.82, 2.24) is 4.90 Å². The molecule has 0 radical (unpaired) electrons. The second-order valence-electron chi connectivity index (χ2n) is 4.36. The van der Waals surface area contributed by atoms with E-state index in [1.807, 2.05) is 26.0 Å². The summed E-state index contributed by atoms with van der Waals surface area (Å²) >= 11 is 6.80. The van der Waals surface area contributed by atoms with Gasteiger partial charge in [0.05, 0.1) is 4.91 Å². The SMILES string of the molecule is CC[C@H](C)N1C(=O)S/C(=C\c2ccc(Cl)cc2)C1=O. The zero-order chi connectivity index (χ0) is 14.0. The summed E-state index contributed by atoms with van der Waals surface area (Å²) in [4.78, 5) is 25.8. The predicted molar refractivity (Wildman–Crippen MR) is 79.0 cm³/mol. The van der Waals surface area contributed by atoms with E-state index in [1.54, 1.807) is 18.2 Å². The van der Waals surface area contributed by atoms with Crippen LogP contribution < -0.4 is 0 Å². The van der Waals surface area contributed by atoms with Crippen LogP contribution in [0.5, 0.6) is 0 Å². The summed E-state index contributed by atoms with van der Waals surface area (Å²) in [6, 6.07) is 7.08. The van der Waals surface area contributed by atoms with Crippen molar-refractivity contribution >= 4 is 40.6 Å². The second-order valence-corrected chi connectivity index (χ2v) is 5.79. The Morgan fingerprint density at radius 1 is 1.32 bits per heavy atom. The van der Waals surface area contributed by atoms with Crippen LogP contribution in [0.3, 0.4) is 0 Å². The Labute approximate surface area is 121 Å². The van der Waals surface area contributed by atoms with Gasteiger partial charge >= 0.3 is 0 Å². The van der Waals surface area contributed by atoms with Gasteiger partial charge in [-0.05, 0) is 48.9 Å². The molecule has 0 bridgehead atoms. The molecule has 1 aliphatic rings. The van der Waals surface area contributed by atoms with Gasteiger partial charge in [-0.3, -0.25) is 14.5 Å². The zero-order valence-corrected chi connectivity index (χ0v) is 12.3. The molecule has 1 heterocycles. The second kappa shape index (κ2) is 5.80. The maximum Gasteiger partial charge on any atom is 0.293 e. The van der Waals surface area contributed by atoms with E-state index in [0.717, 1.165) is 23.7 Å². The third-order valence-electron chi connectivity index (χ3n) is 3.02. The molecule has 0 aliphatic carbocycles. The number of thioether (sulfide) groups is 1. The Kier molecular flexibility index (Phi) is 4.32. The molecule has 1 aliphatic heterocycles. The molecule has 0 spiro atoms. The maximum atomic E-state index is 12.2. The average molecular weight is 296 g/mol. The van der Waals surface area contributed by atoms with E-state index in [1.165, 1.54) is 4.90 Å². The van der Waals surface area contributed by atoms with Crippen LogP contribution in [0.25, 0.3) is 6.08 Å². The first-order valence-corrected chi connectivity index (χ1v) is 7.25. The molecule has 1 saturated heterocycles. The van der Waals surface area contributed by atoms with Crippen LogP contribution in [-0.4, -0.2) is 22.1 Å². The molecule has 0 saturated carbocycles. The van der Waals surface area contributed by atoms with Crippen molar-refractivity contribution in [3.8, 4) is 0 Å². The van der Waals surface area contributed by atoms with Crippen LogP contribution in [0.2, 0.25) is 5.02 Å². The molecule has 2 amide bonds. The van der Waals surface area contributed by atoms with E-state index < -0.39 is 0 Å². The largest absolute Gasteiger partial charge is 0.293 e. The van der Waals surface area contributed by atoms with Gasteiger partial charge in [0, 0.05) is 11.1 Å². The van der Waals surface area contributed by atoms with Crippen LogP contribution in [0.4, 0.5) is 4.79 Å². The number of benzene rings is 1. The van der Waals surface area contributed by atoms with E-state index in [2.05, 4.69) is 0 Å². The number of hydrogen-bond acceptors (Lipinski definition) is 3. The number of rotatable bonds is 3. The van der Waals surface area contributed by atoms with E-state index in [9.17, 15) is 9.59 Å². The summed E-state index contributed by atoms with van der Waals surface area (Å²) in [5.74, 6) is -0.209. The Morgan fingerprint density at radius 3 is 2.53 bits per heavy atom. The van der Waals surface area contributed by atoms with Gasteiger partial charge in [-0.2, -0.15) is 0 Å². The Morgan fingerprint density at radius 2 is 1.95 bits per heavy atom. The maximum absolute atomic E-state index is 12.2. The number of hydrogen-bond donors (Lipinski definition) is 0. The number of carbonyl (C=O) groups excluding carboxylic acids is 2. The summed E-state index contributed by atoms with van der Waals surface area (Å²) in [6.45, 7) is 3.83. The number of nitrogens with zero attached hydrogens (tertiary/aromatic N) is 1. The molecule has 2 rings (SSSR count). The van der Waals surface area contributed by atoms with Crippen LogP contribution in [0, 0.1) is 0 Å². The van der Waals surface area contributed by atoms with E-state index >= 15 is 0 Å².